The molecule has 0 aromatic carbocycles. The van der Waals surface area contributed by atoms with E-state index in [0.29, 0.717) is 136 Å². The minimum atomic E-state index is 0.407. The van der Waals surface area contributed by atoms with Crippen LogP contribution in [-0.4, -0.2) is 208 Å². The van der Waals surface area contributed by atoms with Gasteiger partial charge in [-0.15, -0.1) is 0 Å². The molecule has 1 rings (SSSR count). The monoisotopic (exact) mass is 1110 g/mol. The molecule has 14 nitrogen and oxygen atoms in total. The number of hydroxylamine groups is 3. The van der Waals surface area contributed by atoms with E-state index in [1.807, 2.05) is 0 Å². The van der Waals surface area contributed by atoms with Crippen LogP contribution in [0.2, 0.25) is 0 Å². The summed E-state index contributed by atoms with van der Waals surface area (Å²) in [6.07, 6.45) is 41.6. The maximum absolute atomic E-state index is 6.50. The molecule has 1 heterocycles. The molecule has 1 aliphatic heterocycles. The van der Waals surface area contributed by atoms with Crippen molar-refractivity contribution in [3.8, 4) is 0 Å². The highest BCUT2D eigenvalue weighted by Crippen LogP contribution is 2.27. The predicted molar refractivity (Wildman–Crippen MR) is 316 cm³/mol. The molecule has 14 heteroatoms. The smallest absolute Gasteiger partial charge is 0.114 e. The van der Waals surface area contributed by atoms with Crippen molar-refractivity contribution >= 4 is 0 Å². The molecule has 2 atom stereocenters. The first-order chi connectivity index (χ1) is 37.8. The third kappa shape index (κ3) is 58.4. The molecule has 1 saturated heterocycles. The molecule has 0 spiro atoms. The molecule has 2 unspecified atom stereocenters. The first kappa shape index (κ1) is 74.5. The fraction of sp³-hybridized carbons (Fsp3) is 1.00. The van der Waals surface area contributed by atoms with Gasteiger partial charge >= 0.3 is 0 Å². The largest absolute Gasteiger partial charge is 0.379 e. The SMILES string of the molecule is CCCCCCCCCCCCCCCCOCCOCCOCCOCCOCCOCCOCCOCCOCCOCC[N+](C)(C)CCC[N+](C)(C)OCC(CCCCCCCCCCCCCCCC)C1CO1. The zero-order chi connectivity index (χ0) is 55.5. The standard InChI is InChI=1S/C63H130N2O12/c1-7-9-11-13-15-17-19-21-23-25-27-29-31-33-36-62(63-61-76-63)60-77-65(5,6)38-35-37-64(3,4)39-41-67-43-45-69-47-49-71-51-53-73-55-57-75-59-58-74-56-54-72-52-50-70-48-46-68-44-42-66-40-34-32-30-28-26-24-22-20-18-16-14-12-10-8-2/h62-63H,7-61H2,1-6H3/q+2. The normalized spacial score (nSPS) is 14.3. The zero-order valence-electron chi connectivity index (χ0n) is 51.8. The van der Waals surface area contributed by atoms with Gasteiger partial charge in [0.25, 0.3) is 0 Å². The van der Waals surface area contributed by atoms with E-state index < -0.39 is 0 Å². The van der Waals surface area contributed by atoms with Crippen molar-refractivity contribution in [1.82, 2.24) is 0 Å². The van der Waals surface area contributed by atoms with Crippen molar-refractivity contribution in [3.05, 3.63) is 0 Å². The lowest BCUT2D eigenvalue weighted by molar-refractivity contribution is -1.08. The average Bonchev–Trinajstić information content (AvgIpc) is 4.27. The van der Waals surface area contributed by atoms with Crippen LogP contribution in [0.5, 0.6) is 0 Å². The third-order valence-electron chi connectivity index (χ3n) is 14.7. The van der Waals surface area contributed by atoms with E-state index in [1.54, 1.807) is 0 Å². The number of likely N-dealkylation sites (N-methyl/N-ethyl adjacent to an activating group) is 1. The molecule has 0 aliphatic carbocycles. The zero-order valence-corrected chi connectivity index (χ0v) is 51.8. The summed E-state index contributed by atoms with van der Waals surface area (Å²) in [5, 5.41) is 0. The van der Waals surface area contributed by atoms with Crippen molar-refractivity contribution in [2.75, 3.05) is 193 Å². The van der Waals surface area contributed by atoms with Crippen molar-refractivity contribution in [3.63, 3.8) is 0 Å². The molecule has 1 aliphatic rings. The molecule has 0 saturated carbocycles. The van der Waals surface area contributed by atoms with Gasteiger partial charge in [-0.25, -0.2) is 4.84 Å². The Morgan fingerprint density at radius 1 is 0.312 bits per heavy atom. The molecule has 0 aromatic heterocycles. The summed E-state index contributed by atoms with van der Waals surface area (Å²) in [4.78, 5) is 6.50. The second kappa shape index (κ2) is 58.6. The number of hydrogen-bond donors (Lipinski definition) is 0. The van der Waals surface area contributed by atoms with Crippen molar-refractivity contribution in [1.29, 1.82) is 0 Å². The quantitative estimate of drug-likeness (QED) is 0.0250. The molecular weight excluding hydrogens is 977 g/mol. The van der Waals surface area contributed by atoms with Gasteiger partial charge in [-0.1, -0.05) is 187 Å². The Balaban J connectivity index is 1.76. The van der Waals surface area contributed by atoms with Gasteiger partial charge in [0.05, 0.1) is 173 Å². The molecule has 0 N–H and O–H groups in total. The van der Waals surface area contributed by atoms with Crippen LogP contribution >= 0.6 is 0 Å². The highest BCUT2D eigenvalue weighted by molar-refractivity contribution is 4.78. The van der Waals surface area contributed by atoms with Gasteiger partial charge in [0.2, 0.25) is 0 Å². The lowest BCUT2D eigenvalue weighted by Gasteiger charge is -2.32. The topological polar surface area (TPSA) is 114 Å². The van der Waals surface area contributed by atoms with Crippen LogP contribution in [0.25, 0.3) is 0 Å². The fourth-order valence-electron chi connectivity index (χ4n) is 9.45. The van der Waals surface area contributed by atoms with Gasteiger partial charge in [0, 0.05) is 18.9 Å². The van der Waals surface area contributed by atoms with E-state index in [9.17, 15) is 0 Å². The lowest BCUT2D eigenvalue weighted by atomic mass is 9.98. The maximum Gasteiger partial charge on any atom is 0.114 e. The van der Waals surface area contributed by atoms with Gasteiger partial charge in [0.15, 0.2) is 0 Å². The second-order valence-corrected chi connectivity index (χ2v) is 23.1. The highest BCUT2D eigenvalue weighted by Gasteiger charge is 2.34. The molecule has 77 heavy (non-hydrogen) atoms. The summed E-state index contributed by atoms with van der Waals surface area (Å²) >= 11 is 0. The second-order valence-electron chi connectivity index (χ2n) is 23.1. The Bertz CT molecular complexity index is 1140. The Hall–Kier alpha value is -0.560. The molecule has 0 bridgehead atoms. The number of epoxide rings is 1. The van der Waals surface area contributed by atoms with E-state index in [1.165, 1.54) is 180 Å². The van der Waals surface area contributed by atoms with Crippen molar-refractivity contribution < 1.29 is 66.1 Å². The van der Waals surface area contributed by atoms with Gasteiger partial charge in [0.1, 0.15) is 19.7 Å². The van der Waals surface area contributed by atoms with Crippen LogP contribution in [0, 0.1) is 5.92 Å². The van der Waals surface area contributed by atoms with Crippen LogP contribution in [0.4, 0.5) is 0 Å². The highest BCUT2D eigenvalue weighted by atomic mass is 16.7. The van der Waals surface area contributed by atoms with Crippen molar-refractivity contribution in [2.45, 2.75) is 213 Å². The summed E-state index contributed by atoms with van der Waals surface area (Å²) < 4.78 is 63.7. The minimum Gasteiger partial charge on any atom is -0.379 e. The van der Waals surface area contributed by atoms with Gasteiger partial charge in [-0.2, -0.15) is 4.65 Å². The van der Waals surface area contributed by atoms with E-state index in [2.05, 4.69) is 42.0 Å². The molecule has 0 amide bonds. The van der Waals surface area contributed by atoms with E-state index >= 15 is 0 Å². The maximum atomic E-state index is 6.50. The Labute approximate surface area is 476 Å². The number of hydrogen-bond acceptors (Lipinski definition) is 12. The fourth-order valence-corrected chi connectivity index (χ4v) is 9.45. The van der Waals surface area contributed by atoms with E-state index in [-0.39, 0.29) is 0 Å². The number of quaternary nitrogens is 2. The molecule has 1 fully saturated rings. The van der Waals surface area contributed by atoms with Gasteiger partial charge in [-0.05, 0) is 12.8 Å². The summed E-state index contributed by atoms with van der Waals surface area (Å²) in [5.74, 6) is 0.525. The van der Waals surface area contributed by atoms with Crippen LogP contribution in [-0.2, 0) is 56.9 Å². The lowest BCUT2D eigenvalue weighted by Crippen LogP contribution is -2.47. The summed E-state index contributed by atoms with van der Waals surface area (Å²) in [5.41, 5.74) is 0. The van der Waals surface area contributed by atoms with Gasteiger partial charge in [-0.3, -0.25) is 0 Å². The van der Waals surface area contributed by atoms with E-state index in [4.69, 9.17) is 56.9 Å². The average molecular weight is 1110 g/mol. The summed E-state index contributed by atoms with van der Waals surface area (Å²) in [6, 6.07) is 0. The summed E-state index contributed by atoms with van der Waals surface area (Å²) in [7, 11) is 8.97. The summed E-state index contributed by atoms with van der Waals surface area (Å²) in [6.45, 7) is 20.8. The van der Waals surface area contributed by atoms with Crippen LogP contribution in [0.1, 0.15) is 206 Å². The Morgan fingerprint density at radius 3 is 0.896 bits per heavy atom. The first-order valence-electron chi connectivity index (χ1n) is 32.5. The van der Waals surface area contributed by atoms with Crippen LogP contribution < -0.4 is 0 Å². The number of rotatable bonds is 68. The van der Waals surface area contributed by atoms with Crippen LogP contribution in [0.3, 0.4) is 0 Å². The number of nitrogens with zero attached hydrogens (tertiary/aromatic N) is 2. The molecule has 0 radical (unpaired) electrons. The Morgan fingerprint density at radius 2 is 0.584 bits per heavy atom. The minimum absolute atomic E-state index is 0.407. The third-order valence-corrected chi connectivity index (χ3v) is 14.7. The first-order valence-corrected chi connectivity index (χ1v) is 32.5. The molecule has 0 aromatic rings. The molecular formula is C63H130N2O12+2. The van der Waals surface area contributed by atoms with Crippen molar-refractivity contribution in [2.24, 2.45) is 5.92 Å². The van der Waals surface area contributed by atoms with Gasteiger partial charge < -0.3 is 56.6 Å². The number of unbranched alkanes of at least 4 members (excludes halogenated alkanes) is 26. The molecule has 462 valence electrons. The Kier molecular flexibility index (Phi) is 56.7. The predicted octanol–water partition coefficient (Wildman–Crippen LogP) is 13.0. The van der Waals surface area contributed by atoms with Crippen LogP contribution in [0.15, 0.2) is 0 Å². The number of ether oxygens (including phenoxy) is 11. The van der Waals surface area contributed by atoms with E-state index in [0.717, 1.165) is 63.4 Å².